The van der Waals surface area contributed by atoms with Gasteiger partial charge in [0.05, 0.1) is 0 Å². The van der Waals surface area contributed by atoms with Crippen molar-refractivity contribution in [2.45, 2.75) is 51.2 Å². The number of nitrogens with zero attached hydrogens (tertiary/aromatic N) is 2. The zero-order valence-electron chi connectivity index (χ0n) is 15.1. The van der Waals surface area contributed by atoms with Gasteiger partial charge in [-0.25, -0.2) is 0 Å². The molecule has 1 aliphatic carbocycles. The third-order valence-electron chi connectivity index (χ3n) is 4.37. The SMILES string of the molecule is O=C(COCc1nnc(C(=O)Nc2ccccc2)s1)NC1CCCCCC1. The Morgan fingerprint density at radius 3 is 2.56 bits per heavy atom. The van der Waals surface area contributed by atoms with E-state index in [0.29, 0.717) is 10.7 Å². The molecule has 1 aromatic carbocycles. The number of rotatable bonds is 7. The van der Waals surface area contributed by atoms with Gasteiger partial charge < -0.3 is 15.4 Å². The predicted molar refractivity (Wildman–Crippen MR) is 104 cm³/mol. The third kappa shape index (κ3) is 6.41. The van der Waals surface area contributed by atoms with Crippen molar-refractivity contribution in [3.8, 4) is 0 Å². The monoisotopic (exact) mass is 388 g/mol. The Balaban J connectivity index is 1.40. The molecule has 27 heavy (non-hydrogen) atoms. The summed E-state index contributed by atoms with van der Waals surface area (Å²) in [6.07, 6.45) is 6.93. The van der Waals surface area contributed by atoms with Crippen LogP contribution in [0.2, 0.25) is 0 Å². The van der Waals surface area contributed by atoms with Crippen molar-refractivity contribution in [1.29, 1.82) is 0 Å². The number of amides is 2. The van der Waals surface area contributed by atoms with Gasteiger partial charge >= 0.3 is 0 Å². The van der Waals surface area contributed by atoms with Crippen molar-refractivity contribution in [1.82, 2.24) is 15.5 Å². The van der Waals surface area contributed by atoms with E-state index in [-0.39, 0.29) is 36.1 Å². The Kier molecular flexibility index (Phi) is 7.29. The first kappa shape index (κ1) is 19.4. The van der Waals surface area contributed by atoms with Gasteiger partial charge in [-0.05, 0) is 25.0 Å². The second-order valence-electron chi connectivity index (χ2n) is 6.57. The summed E-state index contributed by atoms with van der Waals surface area (Å²) in [6, 6.07) is 9.43. The van der Waals surface area contributed by atoms with Crippen LogP contribution in [0.4, 0.5) is 5.69 Å². The van der Waals surface area contributed by atoms with Gasteiger partial charge in [-0.2, -0.15) is 0 Å². The van der Waals surface area contributed by atoms with Crippen LogP contribution in [0, 0.1) is 0 Å². The number of carbonyl (C=O) groups excluding carboxylic acids is 2. The molecular formula is C19H24N4O3S. The van der Waals surface area contributed by atoms with Crippen LogP contribution < -0.4 is 10.6 Å². The number of aromatic nitrogens is 2. The van der Waals surface area contributed by atoms with Gasteiger partial charge in [0.25, 0.3) is 5.91 Å². The van der Waals surface area contributed by atoms with Gasteiger partial charge in [-0.15, -0.1) is 10.2 Å². The minimum atomic E-state index is -0.309. The highest BCUT2D eigenvalue weighted by atomic mass is 32.1. The molecule has 1 aromatic heterocycles. The normalized spacial score (nSPS) is 15.1. The highest BCUT2D eigenvalue weighted by Gasteiger charge is 2.16. The van der Waals surface area contributed by atoms with Gasteiger partial charge in [0.1, 0.15) is 18.2 Å². The van der Waals surface area contributed by atoms with Crippen LogP contribution in [0.1, 0.15) is 53.3 Å². The molecule has 1 saturated carbocycles. The summed E-state index contributed by atoms with van der Waals surface area (Å²) in [7, 11) is 0. The number of hydrogen-bond acceptors (Lipinski definition) is 6. The molecule has 0 atom stereocenters. The molecule has 0 unspecified atom stereocenters. The standard InChI is InChI=1S/C19H24N4O3S/c24-16(20-14-8-4-1-2-5-9-14)12-26-13-17-22-23-19(27-17)18(25)21-15-10-6-3-7-11-15/h3,6-7,10-11,14H,1-2,4-5,8-9,12-13H2,(H,20,24)(H,21,25). The summed E-state index contributed by atoms with van der Waals surface area (Å²) in [5.74, 6) is -0.412. The molecule has 0 saturated heterocycles. The van der Waals surface area contributed by atoms with Crippen molar-refractivity contribution in [2.24, 2.45) is 0 Å². The molecule has 8 heteroatoms. The van der Waals surface area contributed by atoms with E-state index in [9.17, 15) is 9.59 Å². The lowest BCUT2D eigenvalue weighted by Gasteiger charge is -2.15. The van der Waals surface area contributed by atoms with E-state index in [0.717, 1.165) is 24.2 Å². The molecular weight excluding hydrogens is 364 g/mol. The maximum Gasteiger partial charge on any atom is 0.286 e. The van der Waals surface area contributed by atoms with E-state index in [1.165, 1.54) is 25.7 Å². The number of nitrogens with one attached hydrogen (secondary N) is 2. The van der Waals surface area contributed by atoms with Crippen LogP contribution in [0.3, 0.4) is 0 Å². The third-order valence-corrected chi connectivity index (χ3v) is 5.27. The summed E-state index contributed by atoms with van der Waals surface area (Å²) in [5, 5.41) is 14.5. The highest BCUT2D eigenvalue weighted by Crippen LogP contribution is 2.17. The zero-order valence-corrected chi connectivity index (χ0v) is 16.0. The maximum absolute atomic E-state index is 12.2. The van der Waals surface area contributed by atoms with Crippen molar-refractivity contribution in [3.63, 3.8) is 0 Å². The van der Waals surface area contributed by atoms with E-state index in [1.54, 1.807) is 12.1 Å². The first-order valence-corrected chi connectivity index (χ1v) is 10.1. The number of hydrogen-bond donors (Lipinski definition) is 2. The molecule has 144 valence electrons. The van der Waals surface area contributed by atoms with Crippen LogP contribution >= 0.6 is 11.3 Å². The number of benzene rings is 1. The zero-order chi connectivity index (χ0) is 18.9. The van der Waals surface area contributed by atoms with Gasteiger partial charge in [-0.3, -0.25) is 9.59 Å². The summed E-state index contributed by atoms with van der Waals surface area (Å²) < 4.78 is 5.43. The fourth-order valence-corrected chi connectivity index (χ4v) is 3.71. The lowest BCUT2D eigenvalue weighted by molar-refractivity contribution is -0.126. The average Bonchev–Trinajstić information content (AvgIpc) is 3.00. The highest BCUT2D eigenvalue weighted by molar-refractivity contribution is 7.13. The van der Waals surface area contributed by atoms with Gasteiger partial charge in [0.15, 0.2) is 0 Å². The van der Waals surface area contributed by atoms with E-state index < -0.39 is 0 Å². The van der Waals surface area contributed by atoms with E-state index in [4.69, 9.17) is 4.74 Å². The molecule has 3 rings (SSSR count). The molecule has 1 aliphatic rings. The predicted octanol–water partition coefficient (Wildman–Crippen LogP) is 3.15. The van der Waals surface area contributed by atoms with Crippen LogP contribution in [0.25, 0.3) is 0 Å². The topological polar surface area (TPSA) is 93.2 Å². The number of carbonyl (C=O) groups is 2. The molecule has 0 radical (unpaired) electrons. The van der Waals surface area contributed by atoms with E-state index in [1.807, 2.05) is 18.2 Å². The number of para-hydroxylation sites is 1. The number of anilines is 1. The molecule has 1 fully saturated rings. The lowest BCUT2D eigenvalue weighted by Crippen LogP contribution is -2.36. The minimum Gasteiger partial charge on any atom is -0.364 e. The second-order valence-corrected chi connectivity index (χ2v) is 7.63. The Morgan fingerprint density at radius 1 is 1.07 bits per heavy atom. The van der Waals surface area contributed by atoms with Crippen molar-refractivity contribution in [3.05, 3.63) is 40.3 Å². The van der Waals surface area contributed by atoms with Gasteiger partial charge in [0, 0.05) is 11.7 Å². The van der Waals surface area contributed by atoms with Crippen LogP contribution in [0.15, 0.2) is 30.3 Å². The van der Waals surface area contributed by atoms with Crippen LogP contribution in [-0.4, -0.2) is 34.7 Å². The Morgan fingerprint density at radius 2 is 1.81 bits per heavy atom. The van der Waals surface area contributed by atoms with Gasteiger partial charge in [-0.1, -0.05) is 55.2 Å². The van der Waals surface area contributed by atoms with E-state index >= 15 is 0 Å². The Hall–Kier alpha value is -2.32. The van der Waals surface area contributed by atoms with Gasteiger partial charge in [0.2, 0.25) is 10.9 Å². The number of ether oxygens (including phenoxy) is 1. The quantitative estimate of drug-likeness (QED) is 0.711. The molecule has 2 amide bonds. The fourth-order valence-electron chi connectivity index (χ4n) is 3.03. The molecule has 2 N–H and O–H groups in total. The summed E-state index contributed by atoms with van der Waals surface area (Å²) in [6.45, 7) is 0.149. The van der Waals surface area contributed by atoms with Crippen molar-refractivity contribution in [2.75, 3.05) is 11.9 Å². The smallest absolute Gasteiger partial charge is 0.286 e. The van der Waals surface area contributed by atoms with E-state index in [2.05, 4.69) is 20.8 Å². The molecule has 1 heterocycles. The van der Waals surface area contributed by atoms with Crippen molar-refractivity contribution >= 4 is 28.8 Å². The summed E-state index contributed by atoms with van der Waals surface area (Å²) >= 11 is 1.16. The second kappa shape index (κ2) is 10.1. The molecule has 0 spiro atoms. The molecule has 0 bridgehead atoms. The minimum absolute atomic E-state index is 0.0123. The lowest BCUT2D eigenvalue weighted by atomic mass is 10.1. The molecule has 7 nitrogen and oxygen atoms in total. The Bertz CT molecular complexity index is 742. The van der Waals surface area contributed by atoms with Crippen LogP contribution in [0.5, 0.6) is 0 Å². The largest absolute Gasteiger partial charge is 0.364 e. The van der Waals surface area contributed by atoms with Crippen LogP contribution in [-0.2, 0) is 16.1 Å². The summed E-state index contributed by atoms with van der Waals surface area (Å²) in [5.41, 5.74) is 0.700. The Labute approximate surface area is 162 Å². The summed E-state index contributed by atoms with van der Waals surface area (Å²) in [4.78, 5) is 24.1. The molecule has 0 aliphatic heterocycles. The fraction of sp³-hybridized carbons (Fsp3) is 0.474. The first-order valence-electron chi connectivity index (χ1n) is 9.26. The molecule has 2 aromatic rings. The van der Waals surface area contributed by atoms with Crippen molar-refractivity contribution < 1.29 is 14.3 Å². The average molecular weight is 388 g/mol. The first-order chi connectivity index (χ1) is 13.2. The maximum atomic E-state index is 12.2.